The largest absolute Gasteiger partial charge is 0.325 e. The molecule has 0 saturated carbocycles. The number of carbonyl (C=O) groups excluding carboxylic acids is 1. The number of nitrogens with zero attached hydrogens (tertiary/aromatic N) is 2. The van der Waals surface area contributed by atoms with Gasteiger partial charge in [0.25, 0.3) is 0 Å². The maximum absolute atomic E-state index is 13.1. The Hall–Kier alpha value is -2.55. The molecule has 2 aromatic carbocycles. The summed E-state index contributed by atoms with van der Waals surface area (Å²) in [6.45, 7) is 3.07. The molecule has 8 heteroatoms. The molecule has 6 nitrogen and oxygen atoms in total. The van der Waals surface area contributed by atoms with Gasteiger partial charge in [-0.25, -0.2) is 13.4 Å². The number of anilines is 1. The van der Waals surface area contributed by atoms with E-state index in [0.717, 1.165) is 29.8 Å². The standard InChI is InChI=1S/C23H25N3O3S2/c1-17-9-11-18(12-10-17)23-24-19(16-30-23)15-22(27)25-20-7-3-4-8-21(20)31(28,29)26-13-5-2-6-14-26/h3-4,7-12,16H,2,5-6,13-15H2,1H3,(H,25,27). The van der Waals surface area contributed by atoms with Gasteiger partial charge in [-0.15, -0.1) is 11.3 Å². The van der Waals surface area contributed by atoms with Crippen molar-refractivity contribution in [3.63, 3.8) is 0 Å². The lowest BCUT2D eigenvalue weighted by molar-refractivity contribution is -0.115. The third-order valence-electron chi connectivity index (χ3n) is 5.29. The Bertz CT molecular complexity index is 1160. The molecule has 1 N–H and O–H groups in total. The van der Waals surface area contributed by atoms with Crippen LogP contribution in [-0.2, 0) is 21.2 Å². The van der Waals surface area contributed by atoms with Gasteiger partial charge in [0.2, 0.25) is 15.9 Å². The van der Waals surface area contributed by atoms with Crippen molar-refractivity contribution in [1.82, 2.24) is 9.29 Å². The highest BCUT2D eigenvalue weighted by atomic mass is 32.2. The van der Waals surface area contributed by atoms with Gasteiger partial charge in [-0.05, 0) is 31.9 Å². The molecule has 2 heterocycles. The average molecular weight is 456 g/mol. The number of carbonyl (C=O) groups is 1. The molecule has 1 aliphatic heterocycles. The summed E-state index contributed by atoms with van der Waals surface area (Å²) in [5.74, 6) is -0.290. The van der Waals surface area contributed by atoms with Crippen LogP contribution in [0.4, 0.5) is 5.69 Å². The minimum Gasteiger partial charge on any atom is -0.325 e. The van der Waals surface area contributed by atoms with Crippen LogP contribution in [0.15, 0.2) is 58.8 Å². The van der Waals surface area contributed by atoms with Gasteiger partial charge in [-0.2, -0.15) is 4.31 Å². The van der Waals surface area contributed by atoms with Gasteiger partial charge in [0.15, 0.2) is 0 Å². The quantitative estimate of drug-likeness (QED) is 0.595. The number of thiazole rings is 1. The summed E-state index contributed by atoms with van der Waals surface area (Å²) in [6, 6.07) is 14.7. The Balaban J connectivity index is 1.48. The van der Waals surface area contributed by atoms with Gasteiger partial charge in [0, 0.05) is 24.0 Å². The highest BCUT2D eigenvalue weighted by molar-refractivity contribution is 7.89. The number of piperidine rings is 1. The molecule has 0 atom stereocenters. The van der Waals surface area contributed by atoms with E-state index >= 15 is 0 Å². The second kappa shape index (κ2) is 9.30. The molecule has 4 rings (SSSR count). The number of aromatic nitrogens is 1. The van der Waals surface area contributed by atoms with E-state index in [2.05, 4.69) is 10.3 Å². The first-order chi connectivity index (χ1) is 14.9. The average Bonchev–Trinajstić information content (AvgIpc) is 3.23. The van der Waals surface area contributed by atoms with Gasteiger partial charge in [-0.1, -0.05) is 48.4 Å². The van der Waals surface area contributed by atoms with E-state index in [1.807, 2.05) is 36.6 Å². The topological polar surface area (TPSA) is 79.4 Å². The van der Waals surface area contributed by atoms with Gasteiger partial charge < -0.3 is 5.32 Å². The van der Waals surface area contributed by atoms with Gasteiger partial charge in [0.05, 0.1) is 17.8 Å². The minimum atomic E-state index is -3.64. The Morgan fingerprint density at radius 1 is 1.06 bits per heavy atom. The minimum absolute atomic E-state index is 0.0838. The Morgan fingerprint density at radius 2 is 1.77 bits per heavy atom. The summed E-state index contributed by atoms with van der Waals surface area (Å²) >= 11 is 1.49. The van der Waals surface area contributed by atoms with E-state index in [1.165, 1.54) is 21.2 Å². The van der Waals surface area contributed by atoms with Crippen molar-refractivity contribution in [2.75, 3.05) is 18.4 Å². The smallest absolute Gasteiger partial charge is 0.245 e. The van der Waals surface area contributed by atoms with Crippen molar-refractivity contribution < 1.29 is 13.2 Å². The molecule has 1 saturated heterocycles. The number of hydrogen-bond donors (Lipinski definition) is 1. The second-order valence-electron chi connectivity index (χ2n) is 7.70. The van der Waals surface area contributed by atoms with Crippen molar-refractivity contribution in [3.05, 3.63) is 65.2 Å². The molecule has 0 spiro atoms. The monoisotopic (exact) mass is 455 g/mol. The van der Waals surface area contributed by atoms with Crippen molar-refractivity contribution in [2.24, 2.45) is 0 Å². The molecule has 1 aromatic heterocycles. The number of aryl methyl sites for hydroxylation is 1. The van der Waals surface area contributed by atoms with Crippen LogP contribution in [-0.4, -0.2) is 36.7 Å². The second-order valence-corrected chi connectivity index (χ2v) is 10.5. The third-order valence-corrected chi connectivity index (χ3v) is 8.18. The zero-order valence-corrected chi connectivity index (χ0v) is 19.0. The molecule has 1 aliphatic rings. The van der Waals surface area contributed by atoms with Crippen LogP contribution in [0.3, 0.4) is 0 Å². The predicted octanol–water partition coefficient (Wildman–Crippen LogP) is 4.47. The van der Waals surface area contributed by atoms with E-state index in [4.69, 9.17) is 0 Å². The molecule has 0 bridgehead atoms. The van der Waals surface area contributed by atoms with Gasteiger partial charge in [-0.3, -0.25) is 4.79 Å². The fourth-order valence-electron chi connectivity index (χ4n) is 3.61. The van der Waals surface area contributed by atoms with E-state index < -0.39 is 10.0 Å². The van der Waals surface area contributed by atoms with Gasteiger partial charge in [0.1, 0.15) is 9.90 Å². The highest BCUT2D eigenvalue weighted by Crippen LogP contribution is 2.28. The number of nitrogens with one attached hydrogen (secondary N) is 1. The maximum atomic E-state index is 13.1. The first-order valence-corrected chi connectivity index (χ1v) is 12.7. The molecular weight excluding hydrogens is 430 g/mol. The molecule has 0 aliphatic carbocycles. The summed E-state index contributed by atoms with van der Waals surface area (Å²) < 4.78 is 27.7. The number of sulfonamides is 1. The molecular formula is C23H25N3O3S2. The first kappa shape index (κ1) is 21.7. The molecule has 3 aromatic rings. The Kier molecular flexibility index (Phi) is 6.50. The molecule has 0 radical (unpaired) electrons. The first-order valence-electron chi connectivity index (χ1n) is 10.3. The maximum Gasteiger partial charge on any atom is 0.245 e. The van der Waals surface area contributed by atoms with Crippen LogP contribution < -0.4 is 5.32 Å². The number of rotatable bonds is 6. The van der Waals surface area contributed by atoms with Crippen LogP contribution >= 0.6 is 11.3 Å². The fraction of sp³-hybridized carbons (Fsp3) is 0.304. The molecule has 162 valence electrons. The predicted molar refractivity (Wildman–Crippen MR) is 124 cm³/mol. The van der Waals surface area contributed by atoms with E-state index in [0.29, 0.717) is 24.5 Å². The summed E-state index contributed by atoms with van der Waals surface area (Å²) in [7, 11) is -3.64. The van der Waals surface area contributed by atoms with Crippen molar-refractivity contribution >= 4 is 33.0 Å². The van der Waals surface area contributed by atoms with Gasteiger partial charge >= 0.3 is 0 Å². The van der Waals surface area contributed by atoms with Crippen molar-refractivity contribution in [1.29, 1.82) is 0 Å². The van der Waals surface area contributed by atoms with Crippen LogP contribution in [0.2, 0.25) is 0 Å². The van der Waals surface area contributed by atoms with E-state index in [9.17, 15) is 13.2 Å². The molecule has 0 unspecified atom stereocenters. The zero-order chi connectivity index (χ0) is 21.8. The fourth-order valence-corrected chi connectivity index (χ4v) is 6.11. The third kappa shape index (κ3) is 5.03. The van der Waals surface area contributed by atoms with Crippen molar-refractivity contribution in [2.45, 2.75) is 37.5 Å². The SMILES string of the molecule is Cc1ccc(-c2nc(CC(=O)Nc3ccccc3S(=O)(=O)N3CCCCC3)cs2)cc1. The lowest BCUT2D eigenvalue weighted by Gasteiger charge is -2.26. The summed E-state index contributed by atoms with van der Waals surface area (Å²) in [5, 5.41) is 5.50. The number of benzene rings is 2. The molecule has 31 heavy (non-hydrogen) atoms. The van der Waals surface area contributed by atoms with Crippen molar-refractivity contribution in [3.8, 4) is 10.6 Å². The Morgan fingerprint density at radius 3 is 2.52 bits per heavy atom. The van der Waals surface area contributed by atoms with Crippen LogP contribution in [0.1, 0.15) is 30.5 Å². The van der Waals surface area contributed by atoms with E-state index in [1.54, 1.807) is 24.3 Å². The highest BCUT2D eigenvalue weighted by Gasteiger charge is 2.28. The number of para-hydroxylation sites is 1. The zero-order valence-electron chi connectivity index (χ0n) is 17.4. The number of hydrogen-bond acceptors (Lipinski definition) is 5. The molecule has 1 fully saturated rings. The Labute approximate surface area is 187 Å². The van der Waals surface area contributed by atoms with E-state index in [-0.39, 0.29) is 17.2 Å². The summed E-state index contributed by atoms with van der Waals surface area (Å²) in [4.78, 5) is 17.4. The number of amides is 1. The summed E-state index contributed by atoms with van der Waals surface area (Å²) in [5.41, 5.74) is 3.17. The van der Waals surface area contributed by atoms with Crippen LogP contribution in [0.25, 0.3) is 10.6 Å². The molecule has 1 amide bonds. The van der Waals surface area contributed by atoms with Crippen LogP contribution in [0, 0.1) is 6.92 Å². The normalized spacial score (nSPS) is 15.0. The lowest BCUT2D eigenvalue weighted by atomic mass is 10.2. The summed E-state index contributed by atoms with van der Waals surface area (Å²) in [6.07, 6.45) is 2.85. The lowest BCUT2D eigenvalue weighted by Crippen LogP contribution is -2.36. The van der Waals surface area contributed by atoms with Crippen LogP contribution in [0.5, 0.6) is 0 Å².